The summed E-state index contributed by atoms with van der Waals surface area (Å²) >= 11 is 0. The first-order chi connectivity index (χ1) is 16.5. The maximum atomic E-state index is 13.3. The minimum atomic E-state index is -0.791. The third kappa shape index (κ3) is 7.20. The number of carbonyl (C=O) groups excluding carboxylic acids is 3. The van der Waals surface area contributed by atoms with Crippen molar-refractivity contribution in [1.82, 2.24) is 15.5 Å². The van der Waals surface area contributed by atoms with Gasteiger partial charge in [0.05, 0.1) is 0 Å². The Morgan fingerprint density at radius 2 is 1.41 bits per heavy atom. The summed E-state index contributed by atoms with van der Waals surface area (Å²) in [6.45, 7) is 0.450. The molecule has 0 bridgehead atoms. The molecule has 7 heteroatoms. The van der Waals surface area contributed by atoms with E-state index in [1.54, 1.807) is 31.1 Å². The van der Waals surface area contributed by atoms with E-state index in [1.165, 1.54) is 0 Å². The minimum absolute atomic E-state index is 0.118. The number of nitrogens with one attached hydrogen (secondary N) is 2. The number of benzene rings is 3. The molecule has 0 fully saturated rings. The summed E-state index contributed by atoms with van der Waals surface area (Å²) in [4.78, 5) is 39.1. The Kier molecular flexibility index (Phi) is 8.80. The van der Waals surface area contributed by atoms with Gasteiger partial charge in [0.25, 0.3) is 5.91 Å². The highest BCUT2D eigenvalue weighted by Crippen LogP contribution is 2.11. The van der Waals surface area contributed by atoms with Gasteiger partial charge in [-0.25, -0.2) is 4.79 Å². The summed E-state index contributed by atoms with van der Waals surface area (Å²) in [7, 11) is 3.26. The van der Waals surface area contributed by atoms with Crippen LogP contribution in [0.2, 0.25) is 0 Å². The van der Waals surface area contributed by atoms with Gasteiger partial charge in [0.1, 0.15) is 12.6 Å². The van der Waals surface area contributed by atoms with Gasteiger partial charge >= 0.3 is 6.09 Å². The molecule has 0 spiro atoms. The lowest BCUT2D eigenvalue weighted by Crippen LogP contribution is -2.48. The van der Waals surface area contributed by atoms with Crippen molar-refractivity contribution >= 4 is 17.9 Å². The molecule has 3 aromatic rings. The third-order valence-electron chi connectivity index (χ3n) is 5.32. The SMILES string of the molecule is CNC(=O)c1ccc(CN(C)C(=O)[C@@H](Cc2ccccc2)NC(=O)OCc2ccccc2)cc1. The Morgan fingerprint density at radius 3 is 2.00 bits per heavy atom. The Labute approximate surface area is 199 Å². The summed E-state index contributed by atoms with van der Waals surface area (Å²) in [6, 6.07) is 25.1. The van der Waals surface area contributed by atoms with Crippen molar-refractivity contribution < 1.29 is 19.1 Å². The van der Waals surface area contributed by atoms with Crippen LogP contribution in [-0.4, -0.2) is 42.9 Å². The number of ether oxygens (including phenoxy) is 1. The minimum Gasteiger partial charge on any atom is -0.445 e. The number of hydrogen-bond acceptors (Lipinski definition) is 4. The number of rotatable bonds is 9. The topological polar surface area (TPSA) is 87.7 Å². The van der Waals surface area contributed by atoms with Gasteiger partial charge in [-0.1, -0.05) is 72.8 Å². The van der Waals surface area contributed by atoms with E-state index in [4.69, 9.17) is 4.74 Å². The monoisotopic (exact) mass is 459 g/mol. The summed E-state index contributed by atoms with van der Waals surface area (Å²) < 4.78 is 5.33. The summed E-state index contributed by atoms with van der Waals surface area (Å²) in [5, 5.41) is 5.31. The molecule has 1 atom stereocenters. The zero-order valence-corrected chi connectivity index (χ0v) is 19.4. The van der Waals surface area contributed by atoms with E-state index in [1.807, 2.05) is 72.8 Å². The average Bonchev–Trinajstić information content (AvgIpc) is 2.88. The number of hydrogen-bond donors (Lipinski definition) is 2. The van der Waals surface area contributed by atoms with Crippen molar-refractivity contribution in [2.75, 3.05) is 14.1 Å². The Balaban J connectivity index is 1.66. The van der Waals surface area contributed by atoms with E-state index in [9.17, 15) is 14.4 Å². The molecule has 0 heterocycles. The van der Waals surface area contributed by atoms with Gasteiger partial charge in [-0.2, -0.15) is 0 Å². The average molecular weight is 460 g/mol. The van der Waals surface area contributed by atoms with Crippen LogP contribution in [0.25, 0.3) is 0 Å². The van der Waals surface area contributed by atoms with Gasteiger partial charge in [0.2, 0.25) is 5.91 Å². The molecule has 34 heavy (non-hydrogen) atoms. The zero-order valence-electron chi connectivity index (χ0n) is 19.4. The van der Waals surface area contributed by atoms with Crippen LogP contribution in [0.15, 0.2) is 84.9 Å². The van der Waals surface area contributed by atoms with Crippen LogP contribution in [0, 0.1) is 0 Å². The van der Waals surface area contributed by atoms with Crippen molar-refractivity contribution in [3.05, 3.63) is 107 Å². The highest BCUT2D eigenvalue weighted by Gasteiger charge is 2.25. The lowest BCUT2D eigenvalue weighted by atomic mass is 10.0. The van der Waals surface area contributed by atoms with Crippen molar-refractivity contribution in [3.63, 3.8) is 0 Å². The van der Waals surface area contributed by atoms with Crippen LogP contribution in [0.5, 0.6) is 0 Å². The summed E-state index contributed by atoms with van der Waals surface area (Å²) in [5.41, 5.74) is 3.20. The predicted octanol–water partition coefficient (Wildman–Crippen LogP) is 3.54. The molecule has 2 N–H and O–H groups in total. The molecule has 0 aliphatic rings. The van der Waals surface area contributed by atoms with Gasteiger partial charge in [0.15, 0.2) is 0 Å². The van der Waals surface area contributed by atoms with Crippen LogP contribution in [0.3, 0.4) is 0 Å². The first-order valence-electron chi connectivity index (χ1n) is 11.0. The van der Waals surface area contributed by atoms with Gasteiger partial charge in [-0.05, 0) is 28.8 Å². The van der Waals surface area contributed by atoms with Crippen molar-refractivity contribution in [3.8, 4) is 0 Å². The molecule has 0 unspecified atom stereocenters. The molecule has 3 rings (SSSR count). The van der Waals surface area contributed by atoms with Crippen LogP contribution in [0.1, 0.15) is 27.0 Å². The van der Waals surface area contributed by atoms with Gasteiger partial charge < -0.3 is 20.3 Å². The molecule has 3 aromatic carbocycles. The number of likely N-dealkylation sites (N-methyl/N-ethyl adjacent to an activating group) is 1. The van der Waals surface area contributed by atoms with E-state index in [-0.39, 0.29) is 18.4 Å². The first-order valence-corrected chi connectivity index (χ1v) is 11.0. The quantitative estimate of drug-likeness (QED) is 0.512. The molecule has 3 amide bonds. The molecule has 0 saturated heterocycles. The van der Waals surface area contributed by atoms with Crippen LogP contribution in [-0.2, 0) is 29.1 Å². The molecule has 176 valence electrons. The first kappa shape index (κ1) is 24.5. The number of amides is 3. The van der Waals surface area contributed by atoms with E-state index in [0.29, 0.717) is 18.5 Å². The molecule has 0 radical (unpaired) electrons. The Bertz CT molecular complexity index is 1090. The predicted molar refractivity (Wildman–Crippen MR) is 130 cm³/mol. The Hall–Kier alpha value is -4.13. The highest BCUT2D eigenvalue weighted by molar-refractivity contribution is 5.94. The Morgan fingerprint density at radius 1 is 0.824 bits per heavy atom. The molecular formula is C27H29N3O4. The largest absolute Gasteiger partial charge is 0.445 e. The fourth-order valence-corrected chi connectivity index (χ4v) is 3.48. The van der Waals surface area contributed by atoms with Crippen LogP contribution >= 0.6 is 0 Å². The smallest absolute Gasteiger partial charge is 0.408 e. The van der Waals surface area contributed by atoms with Crippen molar-refractivity contribution in [2.24, 2.45) is 0 Å². The lowest BCUT2D eigenvalue weighted by molar-refractivity contribution is -0.132. The molecule has 0 aliphatic carbocycles. The molecule has 0 aliphatic heterocycles. The van der Waals surface area contributed by atoms with E-state index < -0.39 is 12.1 Å². The van der Waals surface area contributed by atoms with Crippen LogP contribution in [0.4, 0.5) is 4.79 Å². The second-order valence-electron chi connectivity index (χ2n) is 7.92. The highest BCUT2D eigenvalue weighted by atomic mass is 16.5. The molecule has 7 nitrogen and oxygen atoms in total. The van der Waals surface area contributed by atoms with E-state index >= 15 is 0 Å². The second-order valence-corrected chi connectivity index (χ2v) is 7.92. The summed E-state index contributed by atoms with van der Waals surface area (Å²) in [6.07, 6.45) is -0.318. The third-order valence-corrected chi connectivity index (χ3v) is 5.32. The standard InChI is InChI=1S/C27H29N3O4/c1-28-25(31)23-15-13-21(14-16-23)18-30(2)26(32)24(17-20-9-5-3-6-10-20)29-27(33)34-19-22-11-7-4-8-12-22/h3-16,24H,17-19H2,1-2H3,(H,28,31)(H,29,33)/t24-/m1/s1. The van der Waals surface area contributed by atoms with Crippen LogP contribution < -0.4 is 10.6 Å². The fraction of sp³-hybridized carbons (Fsp3) is 0.222. The summed E-state index contributed by atoms with van der Waals surface area (Å²) in [5.74, 6) is -0.409. The van der Waals surface area contributed by atoms with Gasteiger partial charge in [0, 0.05) is 32.6 Å². The number of carbonyl (C=O) groups is 3. The zero-order chi connectivity index (χ0) is 24.3. The lowest BCUT2D eigenvalue weighted by Gasteiger charge is -2.25. The van der Waals surface area contributed by atoms with Crippen molar-refractivity contribution in [2.45, 2.75) is 25.6 Å². The maximum absolute atomic E-state index is 13.3. The molecule has 0 saturated carbocycles. The van der Waals surface area contributed by atoms with E-state index in [2.05, 4.69) is 10.6 Å². The maximum Gasteiger partial charge on any atom is 0.408 e. The number of alkyl carbamates (subject to hydrolysis) is 1. The molecule has 0 aromatic heterocycles. The fourth-order valence-electron chi connectivity index (χ4n) is 3.48. The number of nitrogens with zero attached hydrogens (tertiary/aromatic N) is 1. The second kappa shape index (κ2) is 12.2. The van der Waals surface area contributed by atoms with E-state index in [0.717, 1.165) is 16.7 Å². The van der Waals surface area contributed by atoms with Gasteiger partial charge in [-0.15, -0.1) is 0 Å². The van der Waals surface area contributed by atoms with Gasteiger partial charge in [-0.3, -0.25) is 9.59 Å². The van der Waals surface area contributed by atoms with Crippen molar-refractivity contribution in [1.29, 1.82) is 0 Å². The normalized spacial score (nSPS) is 11.2. The molecular weight excluding hydrogens is 430 g/mol.